The van der Waals surface area contributed by atoms with Crippen molar-refractivity contribution in [2.24, 2.45) is 0 Å². The average Bonchev–Trinajstić information content (AvgIpc) is 2.56. The highest BCUT2D eigenvalue weighted by Crippen LogP contribution is 2.37. The van der Waals surface area contributed by atoms with Crippen LogP contribution in [-0.4, -0.2) is 20.5 Å². The standard InChI is InChI=1S/C18H18O3/c1-13(12-19)18(14-7-5-4-6-8-14)16-10-9-15(20-2)11-17(16)21-3/h4-12,18H,1H2,2-3H3. The monoisotopic (exact) mass is 282 g/mol. The van der Waals surface area contributed by atoms with E-state index in [1.807, 2.05) is 48.5 Å². The number of allylic oxidation sites excluding steroid dienone is 1. The number of carbonyl (C=O) groups excluding carboxylic acids is 1. The fraction of sp³-hybridized carbons (Fsp3) is 0.167. The summed E-state index contributed by atoms with van der Waals surface area (Å²) in [6, 6.07) is 15.3. The summed E-state index contributed by atoms with van der Waals surface area (Å²) < 4.78 is 10.7. The lowest BCUT2D eigenvalue weighted by atomic mass is 9.85. The predicted octanol–water partition coefficient (Wildman–Crippen LogP) is 3.59. The maximum absolute atomic E-state index is 11.3. The number of ether oxygens (including phenoxy) is 2. The Kier molecular flexibility index (Phi) is 4.77. The van der Waals surface area contributed by atoms with Gasteiger partial charge in [0.1, 0.15) is 17.8 Å². The van der Waals surface area contributed by atoms with Crippen LogP contribution in [0, 0.1) is 0 Å². The van der Waals surface area contributed by atoms with Crippen molar-refractivity contribution in [3.05, 3.63) is 71.8 Å². The number of carbonyl (C=O) groups is 1. The summed E-state index contributed by atoms with van der Waals surface area (Å²) in [7, 11) is 3.21. The molecule has 0 aliphatic rings. The third kappa shape index (κ3) is 3.14. The zero-order valence-electron chi connectivity index (χ0n) is 12.2. The molecule has 0 aliphatic carbocycles. The van der Waals surface area contributed by atoms with Crippen molar-refractivity contribution in [1.29, 1.82) is 0 Å². The maximum Gasteiger partial charge on any atom is 0.146 e. The van der Waals surface area contributed by atoms with E-state index in [2.05, 4.69) is 6.58 Å². The van der Waals surface area contributed by atoms with Crippen molar-refractivity contribution >= 4 is 6.29 Å². The van der Waals surface area contributed by atoms with Crippen molar-refractivity contribution in [2.45, 2.75) is 5.92 Å². The van der Waals surface area contributed by atoms with E-state index in [1.54, 1.807) is 14.2 Å². The molecule has 0 aliphatic heterocycles. The fourth-order valence-electron chi connectivity index (χ4n) is 2.36. The van der Waals surface area contributed by atoms with Gasteiger partial charge in [-0.25, -0.2) is 0 Å². The summed E-state index contributed by atoms with van der Waals surface area (Å²) in [5.74, 6) is 1.15. The molecule has 0 fully saturated rings. The molecule has 0 aromatic heterocycles. The molecule has 1 unspecified atom stereocenters. The second kappa shape index (κ2) is 6.75. The van der Waals surface area contributed by atoms with Crippen molar-refractivity contribution in [3.8, 4) is 11.5 Å². The molecule has 0 N–H and O–H groups in total. The quantitative estimate of drug-likeness (QED) is 0.600. The summed E-state index contributed by atoms with van der Waals surface area (Å²) >= 11 is 0. The van der Waals surface area contributed by atoms with Crippen LogP contribution in [0.3, 0.4) is 0 Å². The Labute approximate surface area is 124 Å². The molecule has 0 spiro atoms. The number of methoxy groups -OCH3 is 2. The van der Waals surface area contributed by atoms with Crippen LogP contribution in [0.5, 0.6) is 11.5 Å². The number of benzene rings is 2. The number of hydrogen-bond donors (Lipinski definition) is 0. The van der Waals surface area contributed by atoms with Gasteiger partial charge in [-0.2, -0.15) is 0 Å². The van der Waals surface area contributed by atoms with Crippen LogP contribution in [0.2, 0.25) is 0 Å². The van der Waals surface area contributed by atoms with Gasteiger partial charge in [-0.15, -0.1) is 0 Å². The molecule has 0 amide bonds. The Bertz CT molecular complexity index is 632. The Morgan fingerprint density at radius 3 is 2.38 bits per heavy atom. The first-order valence-electron chi connectivity index (χ1n) is 6.62. The molecule has 21 heavy (non-hydrogen) atoms. The molecule has 2 aromatic rings. The van der Waals surface area contributed by atoms with Gasteiger partial charge in [0.25, 0.3) is 0 Å². The lowest BCUT2D eigenvalue weighted by Crippen LogP contribution is -2.07. The normalized spacial score (nSPS) is 11.5. The Hall–Kier alpha value is -2.55. The first-order chi connectivity index (χ1) is 10.2. The molecule has 0 saturated carbocycles. The lowest BCUT2D eigenvalue weighted by molar-refractivity contribution is -0.105. The van der Waals surface area contributed by atoms with Crippen LogP contribution in [0.25, 0.3) is 0 Å². The van der Waals surface area contributed by atoms with E-state index in [4.69, 9.17) is 9.47 Å². The topological polar surface area (TPSA) is 35.5 Å². The molecule has 108 valence electrons. The Morgan fingerprint density at radius 2 is 1.81 bits per heavy atom. The minimum Gasteiger partial charge on any atom is -0.497 e. The third-order valence-corrected chi connectivity index (χ3v) is 3.41. The highest BCUT2D eigenvalue weighted by molar-refractivity contribution is 5.77. The summed E-state index contributed by atoms with van der Waals surface area (Å²) in [6.07, 6.45) is 0.793. The smallest absolute Gasteiger partial charge is 0.146 e. The van der Waals surface area contributed by atoms with E-state index < -0.39 is 0 Å². The highest BCUT2D eigenvalue weighted by Gasteiger charge is 2.21. The van der Waals surface area contributed by atoms with Gasteiger partial charge in [0.2, 0.25) is 0 Å². The molecule has 0 radical (unpaired) electrons. The predicted molar refractivity (Wildman–Crippen MR) is 83.0 cm³/mol. The van der Waals surface area contributed by atoms with Crippen molar-refractivity contribution in [1.82, 2.24) is 0 Å². The van der Waals surface area contributed by atoms with Gasteiger partial charge in [0, 0.05) is 17.5 Å². The van der Waals surface area contributed by atoms with Crippen molar-refractivity contribution in [3.63, 3.8) is 0 Å². The first kappa shape index (κ1) is 14.9. The second-order valence-electron chi connectivity index (χ2n) is 4.64. The third-order valence-electron chi connectivity index (χ3n) is 3.41. The second-order valence-corrected chi connectivity index (χ2v) is 4.64. The summed E-state index contributed by atoms with van der Waals surface area (Å²) in [6.45, 7) is 3.89. The van der Waals surface area contributed by atoms with Gasteiger partial charge in [-0.3, -0.25) is 4.79 Å². The van der Waals surface area contributed by atoms with Gasteiger partial charge in [0.05, 0.1) is 14.2 Å². The molecular weight excluding hydrogens is 264 g/mol. The van der Waals surface area contributed by atoms with Crippen LogP contribution in [0.1, 0.15) is 17.0 Å². The lowest BCUT2D eigenvalue weighted by Gasteiger charge is -2.20. The zero-order valence-corrected chi connectivity index (χ0v) is 12.2. The molecule has 2 aromatic carbocycles. The molecule has 2 rings (SSSR count). The number of hydrogen-bond acceptors (Lipinski definition) is 3. The minimum absolute atomic E-state index is 0.232. The Balaban J connectivity index is 2.57. The molecule has 1 atom stereocenters. The van der Waals surface area contributed by atoms with Gasteiger partial charge in [0.15, 0.2) is 0 Å². The summed E-state index contributed by atoms with van der Waals surface area (Å²) in [4.78, 5) is 11.3. The van der Waals surface area contributed by atoms with Crippen LogP contribution in [0.15, 0.2) is 60.7 Å². The van der Waals surface area contributed by atoms with Crippen LogP contribution in [-0.2, 0) is 4.79 Å². The van der Waals surface area contributed by atoms with E-state index in [0.717, 1.165) is 17.4 Å². The van der Waals surface area contributed by atoms with Crippen LogP contribution < -0.4 is 9.47 Å². The molecule has 3 nitrogen and oxygen atoms in total. The van der Waals surface area contributed by atoms with Crippen molar-refractivity contribution in [2.75, 3.05) is 14.2 Å². The molecule has 0 bridgehead atoms. The average molecular weight is 282 g/mol. The Morgan fingerprint density at radius 1 is 1.10 bits per heavy atom. The van der Waals surface area contributed by atoms with E-state index in [-0.39, 0.29) is 5.92 Å². The van der Waals surface area contributed by atoms with E-state index >= 15 is 0 Å². The van der Waals surface area contributed by atoms with Crippen LogP contribution in [0.4, 0.5) is 0 Å². The molecule has 0 heterocycles. The SMILES string of the molecule is C=C(C=O)C(c1ccccc1)c1ccc(OC)cc1OC. The van der Waals surface area contributed by atoms with E-state index in [0.29, 0.717) is 17.1 Å². The van der Waals surface area contributed by atoms with Gasteiger partial charge in [-0.05, 0) is 17.2 Å². The molecule has 0 saturated heterocycles. The first-order valence-corrected chi connectivity index (χ1v) is 6.62. The zero-order chi connectivity index (χ0) is 15.2. The molecular formula is C18H18O3. The van der Waals surface area contributed by atoms with Gasteiger partial charge in [-0.1, -0.05) is 43.0 Å². The van der Waals surface area contributed by atoms with E-state index in [1.165, 1.54) is 0 Å². The van der Waals surface area contributed by atoms with E-state index in [9.17, 15) is 4.79 Å². The summed E-state index contributed by atoms with van der Waals surface area (Å²) in [5, 5.41) is 0. The van der Waals surface area contributed by atoms with Crippen LogP contribution >= 0.6 is 0 Å². The maximum atomic E-state index is 11.3. The largest absolute Gasteiger partial charge is 0.497 e. The number of rotatable bonds is 6. The fourth-order valence-corrected chi connectivity index (χ4v) is 2.36. The van der Waals surface area contributed by atoms with Crippen molar-refractivity contribution < 1.29 is 14.3 Å². The van der Waals surface area contributed by atoms with Gasteiger partial charge < -0.3 is 9.47 Å². The molecule has 3 heteroatoms. The number of aldehydes is 1. The highest BCUT2D eigenvalue weighted by atomic mass is 16.5. The summed E-state index contributed by atoms with van der Waals surface area (Å²) in [5.41, 5.74) is 2.38. The minimum atomic E-state index is -0.232. The van der Waals surface area contributed by atoms with Gasteiger partial charge >= 0.3 is 0 Å².